The van der Waals surface area contributed by atoms with Crippen molar-refractivity contribution in [3.05, 3.63) is 36.9 Å². The van der Waals surface area contributed by atoms with Crippen LogP contribution in [0.5, 0.6) is 0 Å². The van der Waals surface area contributed by atoms with Crippen LogP contribution in [0.25, 0.3) is 0 Å². The van der Waals surface area contributed by atoms with Crippen molar-refractivity contribution in [3.63, 3.8) is 0 Å². The molecule has 4 N–H and O–H groups in total. The minimum Gasteiger partial charge on any atom is -0.346 e. The van der Waals surface area contributed by atoms with Gasteiger partial charge in [-0.05, 0) is 47.8 Å². The van der Waals surface area contributed by atoms with Gasteiger partial charge in [0.05, 0.1) is 12.2 Å². The van der Waals surface area contributed by atoms with Crippen LogP contribution in [0.3, 0.4) is 0 Å². The molecule has 4 rings (SSSR count). The largest absolute Gasteiger partial charge is 0.346 e. The predicted octanol–water partition coefficient (Wildman–Crippen LogP) is 2.72. The van der Waals surface area contributed by atoms with Crippen LogP contribution in [0.4, 0.5) is 0 Å². The number of rotatable bonds is 15. The van der Waals surface area contributed by atoms with Gasteiger partial charge in [-0.3, -0.25) is 33.8 Å². The van der Waals surface area contributed by atoms with E-state index in [2.05, 4.69) is 51.7 Å². The minimum atomic E-state index is -1.04. The van der Waals surface area contributed by atoms with Crippen LogP contribution in [0.2, 0.25) is 0 Å². The van der Waals surface area contributed by atoms with Gasteiger partial charge in [0, 0.05) is 25.5 Å². The van der Waals surface area contributed by atoms with Gasteiger partial charge in [-0.15, -0.1) is 6.58 Å². The Hall–Kier alpha value is -4.16. The maximum absolute atomic E-state index is 14.6. The highest BCUT2D eigenvalue weighted by Crippen LogP contribution is 2.65. The van der Waals surface area contributed by atoms with E-state index in [9.17, 15) is 28.8 Å². The number of carbonyl (C=O) groups is 6. The molecule has 6 atom stereocenters. The highest BCUT2D eigenvalue weighted by molar-refractivity contribution is 6.38. The number of nitrogens with one attached hydrogen (secondary N) is 4. The van der Waals surface area contributed by atoms with E-state index in [1.807, 2.05) is 27.7 Å². The quantitative estimate of drug-likeness (QED) is 0.160. The second kappa shape index (κ2) is 16.2. The Bertz CT molecular complexity index is 1440. The number of piperidine rings is 1. The molecule has 1 aromatic heterocycles. The molecule has 2 heterocycles. The molecule has 1 aromatic rings. The molecule has 0 aromatic carbocycles. The number of unbranched alkanes of at least 4 members (excludes halogenated alkanes) is 1. The van der Waals surface area contributed by atoms with Gasteiger partial charge in [-0.25, -0.2) is 4.98 Å². The smallest absolute Gasteiger partial charge is 0.289 e. The molecule has 1 aliphatic heterocycles. The first kappa shape index (κ1) is 38.6. The molecule has 4 unspecified atom stereocenters. The van der Waals surface area contributed by atoms with Gasteiger partial charge < -0.3 is 26.2 Å². The van der Waals surface area contributed by atoms with Crippen molar-refractivity contribution in [2.24, 2.45) is 28.6 Å². The van der Waals surface area contributed by atoms with Crippen molar-refractivity contribution >= 4 is 35.3 Å². The Morgan fingerprint density at radius 1 is 1.04 bits per heavy atom. The summed E-state index contributed by atoms with van der Waals surface area (Å²) in [5, 5.41) is 11.2. The van der Waals surface area contributed by atoms with E-state index < -0.39 is 64.9 Å². The average Bonchev–Trinajstić information content (AvgIpc) is 3.39. The molecule has 50 heavy (non-hydrogen) atoms. The van der Waals surface area contributed by atoms with Crippen molar-refractivity contribution < 1.29 is 28.8 Å². The summed E-state index contributed by atoms with van der Waals surface area (Å²) in [6, 6.07) is -3.85. The Morgan fingerprint density at radius 2 is 1.74 bits per heavy atom. The van der Waals surface area contributed by atoms with Crippen LogP contribution < -0.4 is 21.3 Å². The summed E-state index contributed by atoms with van der Waals surface area (Å²) in [6.07, 6.45) is 11.7. The third-order valence-electron chi connectivity index (χ3n) is 10.8. The molecular formula is C37H55N7O6. The summed E-state index contributed by atoms with van der Waals surface area (Å²) in [4.78, 5) is 91.3. The van der Waals surface area contributed by atoms with Crippen molar-refractivity contribution in [1.82, 2.24) is 36.1 Å². The SMILES string of the molecule is C=CCNC(=O)C(=O)C(CCCC)NC(=O)C1C2C(CN1C(=O)[C@@H](NC(=O)[C@@H](NC(=O)c1cnccn1)C1CCCCC1)C(C)(C)C)C2(C)C. The second-order valence-corrected chi connectivity index (χ2v) is 15.7. The number of fused-ring (bicyclic) bond motifs is 1. The number of hydrogen-bond acceptors (Lipinski definition) is 8. The molecule has 0 bridgehead atoms. The van der Waals surface area contributed by atoms with E-state index in [0.29, 0.717) is 13.0 Å². The molecule has 1 saturated heterocycles. The number of amides is 5. The van der Waals surface area contributed by atoms with Gasteiger partial charge in [0.25, 0.3) is 11.8 Å². The van der Waals surface area contributed by atoms with Crippen LogP contribution in [0.15, 0.2) is 31.2 Å². The van der Waals surface area contributed by atoms with Gasteiger partial charge >= 0.3 is 0 Å². The zero-order valence-corrected chi connectivity index (χ0v) is 30.4. The number of hydrogen-bond donors (Lipinski definition) is 4. The van der Waals surface area contributed by atoms with Gasteiger partial charge in [-0.1, -0.05) is 79.7 Å². The molecule has 0 spiro atoms. The topological polar surface area (TPSA) is 180 Å². The maximum atomic E-state index is 14.6. The maximum Gasteiger partial charge on any atom is 0.289 e. The molecule has 2 aliphatic carbocycles. The first-order chi connectivity index (χ1) is 23.6. The Kier molecular flexibility index (Phi) is 12.6. The van der Waals surface area contributed by atoms with Gasteiger partial charge in [-0.2, -0.15) is 0 Å². The second-order valence-electron chi connectivity index (χ2n) is 15.7. The Labute approximate surface area is 295 Å². The fraction of sp³-hybridized carbons (Fsp3) is 0.676. The van der Waals surface area contributed by atoms with Crippen LogP contribution in [-0.2, 0) is 24.0 Å². The molecule has 3 aliphatic rings. The fourth-order valence-electron chi connectivity index (χ4n) is 7.70. The van der Waals surface area contributed by atoms with Crippen molar-refractivity contribution in [1.29, 1.82) is 0 Å². The highest BCUT2D eigenvalue weighted by Gasteiger charge is 2.70. The lowest BCUT2D eigenvalue weighted by Crippen LogP contribution is -2.62. The van der Waals surface area contributed by atoms with E-state index in [1.54, 1.807) is 4.90 Å². The zero-order chi connectivity index (χ0) is 36.8. The third kappa shape index (κ3) is 8.76. The zero-order valence-electron chi connectivity index (χ0n) is 30.4. The van der Waals surface area contributed by atoms with E-state index in [4.69, 9.17) is 0 Å². The molecule has 274 valence electrons. The van der Waals surface area contributed by atoms with Crippen LogP contribution in [0.1, 0.15) is 103 Å². The standard InChI is InChI=1S/C37H55N7O6/c1-8-10-16-24(29(45)34(49)40-17-9-2)41-33(48)28-26-23(37(26,6)7)21-44(28)35(50)30(36(3,4)5)43-32(47)27(22-14-12-11-13-15-22)42-31(46)25-20-38-18-19-39-25/h9,18-20,22-24,26-28,30H,2,8,10-17,21H2,1,3-7H3,(H,40,49)(H,41,48)(H,42,46)(H,43,47)/t23?,24?,26?,27-,28?,30+/m0/s1. The van der Waals surface area contributed by atoms with E-state index in [0.717, 1.165) is 38.5 Å². The number of Topliss-reactive ketones (excluding diaryl/α,β-unsaturated/α-hetero) is 1. The van der Waals surface area contributed by atoms with Crippen molar-refractivity contribution in [3.8, 4) is 0 Å². The lowest BCUT2D eigenvalue weighted by atomic mass is 9.82. The normalized spacial score (nSPS) is 23.0. The molecule has 3 fully saturated rings. The van der Waals surface area contributed by atoms with Gasteiger partial charge in [0.2, 0.25) is 23.5 Å². The molecule has 13 heteroatoms. The Morgan fingerprint density at radius 3 is 2.34 bits per heavy atom. The summed E-state index contributed by atoms with van der Waals surface area (Å²) in [5.74, 6) is -3.65. The Balaban J connectivity index is 1.58. The number of nitrogens with zero attached hydrogens (tertiary/aromatic N) is 3. The molecule has 13 nitrogen and oxygen atoms in total. The summed E-state index contributed by atoms with van der Waals surface area (Å²) < 4.78 is 0. The van der Waals surface area contributed by atoms with Gasteiger partial charge in [0.1, 0.15) is 23.8 Å². The highest BCUT2D eigenvalue weighted by atomic mass is 16.2. The minimum absolute atomic E-state index is 0.0560. The predicted molar refractivity (Wildman–Crippen MR) is 187 cm³/mol. The fourth-order valence-corrected chi connectivity index (χ4v) is 7.70. The number of ketones is 1. The summed E-state index contributed by atoms with van der Waals surface area (Å²) in [5.41, 5.74) is -0.878. The molecular weight excluding hydrogens is 638 g/mol. The summed E-state index contributed by atoms with van der Waals surface area (Å²) >= 11 is 0. The lowest BCUT2D eigenvalue weighted by Gasteiger charge is -2.39. The molecule has 5 amide bonds. The first-order valence-corrected chi connectivity index (χ1v) is 18.0. The molecule has 2 saturated carbocycles. The van der Waals surface area contributed by atoms with Gasteiger partial charge in [0.15, 0.2) is 0 Å². The van der Waals surface area contributed by atoms with Crippen LogP contribution in [-0.4, -0.2) is 87.4 Å². The van der Waals surface area contributed by atoms with E-state index >= 15 is 0 Å². The summed E-state index contributed by atoms with van der Waals surface area (Å²) in [7, 11) is 0. The number of likely N-dealkylation sites (tertiary alicyclic amines) is 1. The summed E-state index contributed by atoms with van der Waals surface area (Å²) in [6.45, 7) is 15.6. The van der Waals surface area contributed by atoms with Crippen molar-refractivity contribution in [2.75, 3.05) is 13.1 Å². The first-order valence-electron chi connectivity index (χ1n) is 18.0. The van der Waals surface area contributed by atoms with Crippen molar-refractivity contribution in [2.45, 2.75) is 117 Å². The monoisotopic (exact) mass is 693 g/mol. The number of aromatic nitrogens is 2. The van der Waals surface area contributed by atoms with E-state index in [-0.39, 0.29) is 41.8 Å². The van der Waals surface area contributed by atoms with E-state index in [1.165, 1.54) is 24.7 Å². The van der Waals surface area contributed by atoms with Crippen LogP contribution >= 0.6 is 0 Å². The average molecular weight is 694 g/mol. The third-order valence-corrected chi connectivity index (χ3v) is 10.8. The van der Waals surface area contributed by atoms with Crippen LogP contribution in [0, 0.1) is 28.6 Å². The lowest BCUT2D eigenvalue weighted by molar-refractivity contribution is -0.147. The number of carbonyl (C=O) groups excluding carboxylic acids is 6. The molecule has 0 radical (unpaired) electrons.